The molecule has 0 saturated heterocycles. The van der Waals surface area contributed by atoms with E-state index in [0.29, 0.717) is 37.5 Å². The third-order valence-corrected chi connectivity index (χ3v) is 7.43. The van der Waals surface area contributed by atoms with Crippen molar-refractivity contribution >= 4 is 11.9 Å². The van der Waals surface area contributed by atoms with E-state index in [1.807, 2.05) is 6.07 Å². The molecule has 0 amide bonds. The van der Waals surface area contributed by atoms with Crippen LogP contribution in [-0.2, 0) is 19.1 Å². The first-order valence-corrected chi connectivity index (χ1v) is 15.3. The van der Waals surface area contributed by atoms with Crippen molar-refractivity contribution in [3.63, 3.8) is 0 Å². The van der Waals surface area contributed by atoms with Gasteiger partial charge in [0.15, 0.2) is 0 Å². The zero-order valence-corrected chi connectivity index (χ0v) is 25.5. The Hall–Kier alpha value is -1.88. The molecule has 1 aromatic carbocycles. The van der Waals surface area contributed by atoms with Gasteiger partial charge in [-0.15, -0.1) is 0 Å². The fourth-order valence-corrected chi connectivity index (χ4v) is 4.81. The largest absolute Gasteiger partial charge is 0.466 e. The molecule has 5 nitrogen and oxygen atoms in total. The number of esters is 2. The van der Waals surface area contributed by atoms with E-state index in [1.54, 1.807) is 0 Å². The van der Waals surface area contributed by atoms with Crippen molar-refractivity contribution in [2.24, 2.45) is 23.7 Å². The van der Waals surface area contributed by atoms with Crippen LogP contribution in [0.15, 0.2) is 30.3 Å². The number of nitrogens with zero attached hydrogens (tertiary/aromatic N) is 1. The van der Waals surface area contributed by atoms with E-state index in [-0.39, 0.29) is 24.4 Å². The van der Waals surface area contributed by atoms with E-state index in [2.05, 4.69) is 77.6 Å². The standard InChI is InChI=1S/C33H57NO4/c1-8-10-18-29(9-2)24-34(28(7)30-19-12-11-13-20-30)25-31(33(36)38-22-15-17-27(5)6)23-32(35)37-21-14-16-26(3)4/h11-13,19-20,26-29,31H,8-10,14-18,21-25H2,1-7H3. The molecule has 0 N–H and O–H groups in total. The summed E-state index contributed by atoms with van der Waals surface area (Å²) in [6.45, 7) is 17.6. The lowest BCUT2D eigenvalue weighted by atomic mass is 9.95. The fourth-order valence-electron chi connectivity index (χ4n) is 4.81. The van der Waals surface area contributed by atoms with Gasteiger partial charge in [0.05, 0.1) is 25.6 Å². The molecule has 38 heavy (non-hydrogen) atoms. The highest BCUT2D eigenvalue weighted by Gasteiger charge is 2.30. The van der Waals surface area contributed by atoms with Crippen LogP contribution in [-0.4, -0.2) is 43.1 Å². The molecule has 5 heteroatoms. The molecule has 0 heterocycles. The molecule has 0 aromatic heterocycles. The lowest BCUT2D eigenvalue weighted by molar-refractivity contribution is -0.156. The minimum absolute atomic E-state index is 0.0639. The van der Waals surface area contributed by atoms with Gasteiger partial charge in [0.25, 0.3) is 0 Å². The Morgan fingerprint density at radius 2 is 1.39 bits per heavy atom. The van der Waals surface area contributed by atoms with Crippen molar-refractivity contribution in [1.29, 1.82) is 0 Å². The SMILES string of the molecule is CCCCC(CC)CN(CC(CC(=O)OCCCC(C)C)C(=O)OCCCC(C)C)C(C)c1ccccc1. The minimum Gasteiger partial charge on any atom is -0.466 e. The van der Waals surface area contributed by atoms with Crippen LogP contribution in [0, 0.1) is 23.7 Å². The van der Waals surface area contributed by atoms with Crippen molar-refractivity contribution in [2.45, 2.75) is 112 Å². The van der Waals surface area contributed by atoms with Gasteiger partial charge in [-0.05, 0) is 62.3 Å². The summed E-state index contributed by atoms with van der Waals surface area (Å²) in [4.78, 5) is 28.5. The lowest BCUT2D eigenvalue weighted by Gasteiger charge is -2.35. The van der Waals surface area contributed by atoms with Crippen LogP contribution in [0.3, 0.4) is 0 Å². The lowest BCUT2D eigenvalue weighted by Crippen LogP contribution is -2.40. The zero-order valence-electron chi connectivity index (χ0n) is 25.5. The molecule has 0 saturated carbocycles. The number of carbonyl (C=O) groups is 2. The van der Waals surface area contributed by atoms with Gasteiger partial charge in [0.2, 0.25) is 0 Å². The molecule has 1 rings (SSSR count). The first-order chi connectivity index (χ1) is 18.2. The Morgan fingerprint density at radius 1 is 0.789 bits per heavy atom. The Labute approximate surface area is 234 Å². The average molecular weight is 532 g/mol. The summed E-state index contributed by atoms with van der Waals surface area (Å²) in [6.07, 6.45) is 8.45. The molecule has 0 aliphatic heterocycles. The second-order valence-electron chi connectivity index (χ2n) is 11.8. The van der Waals surface area contributed by atoms with E-state index in [0.717, 1.165) is 38.6 Å². The van der Waals surface area contributed by atoms with Crippen LogP contribution in [0.25, 0.3) is 0 Å². The molecule has 1 aromatic rings. The Morgan fingerprint density at radius 3 is 1.95 bits per heavy atom. The topological polar surface area (TPSA) is 55.8 Å². The van der Waals surface area contributed by atoms with Crippen LogP contribution in [0.1, 0.15) is 118 Å². The molecule has 218 valence electrons. The molecule has 0 spiro atoms. The highest BCUT2D eigenvalue weighted by Crippen LogP contribution is 2.26. The van der Waals surface area contributed by atoms with Crippen molar-refractivity contribution < 1.29 is 19.1 Å². The molecule has 0 fully saturated rings. The molecule has 0 aliphatic rings. The van der Waals surface area contributed by atoms with Crippen LogP contribution in [0.2, 0.25) is 0 Å². The summed E-state index contributed by atoms with van der Waals surface area (Å²) in [6, 6.07) is 10.6. The predicted octanol–water partition coefficient (Wildman–Crippen LogP) is 8.23. The quantitative estimate of drug-likeness (QED) is 0.118. The van der Waals surface area contributed by atoms with Crippen LogP contribution < -0.4 is 0 Å². The smallest absolute Gasteiger partial charge is 0.310 e. The Bertz CT molecular complexity index is 749. The average Bonchev–Trinajstić information content (AvgIpc) is 2.89. The monoisotopic (exact) mass is 531 g/mol. The molecule has 0 aliphatic carbocycles. The third-order valence-electron chi connectivity index (χ3n) is 7.43. The van der Waals surface area contributed by atoms with Gasteiger partial charge in [-0.25, -0.2) is 0 Å². The first-order valence-electron chi connectivity index (χ1n) is 15.3. The summed E-state index contributed by atoms with van der Waals surface area (Å²) in [7, 11) is 0. The fraction of sp³-hybridized carbons (Fsp3) is 0.758. The second kappa shape index (κ2) is 20.1. The maximum Gasteiger partial charge on any atom is 0.310 e. The summed E-state index contributed by atoms with van der Waals surface area (Å²) in [5, 5.41) is 0. The Kier molecular flexibility index (Phi) is 18.0. The van der Waals surface area contributed by atoms with Crippen molar-refractivity contribution in [3.05, 3.63) is 35.9 Å². The number of carbonyl (C=O) groups excluding carboxylic acids is 2. The number of hydrogen-bond acceptors (Lipinski definition) is 5. The van der Waals surface area contributed by atoms with Crippen LogP contribution in [0.4, 0.5) is 0 Å². The van der Waals surface area contributed by atoms with E-state index >= 15 is 0 Å². The number of benzene rings is 1. The van der Waals surface area contributed by atoms with Gasteiger partial charge < -0.3 is 9.47 Å². The van der Waals surface area contributed by atoms with E-state index in [4.69, 9.17) is 9.47 Å². The van der Waals surface area contributed by atoms with E-state index < -0.39 is 5.92 Å². The highest BCUT2D eigenvalue weighted by molar-refractivity contribution is 5.80. The third kappa shape index (κ3) is 14.9. The Balaban J connectivity index is 3.04. The van der Waals surface area contributed by atoms with Gasteiger partial charge in [0.1, 0.15) is 0 Å². The van der Waals surface area contributed by atoms with Gasteiger partial charge in [0, 0.05) is 19.1 Å². The molecular weight excluding hydrogens is 474 g/mol. The normalized spacial score (nSPS) is 14.1. The maximum atomic E-state index is 13.3. The van der Waals surface area contributed by atoms with Gasteiger partial charge in [-0.1, -0.05) is 91.1 Å². The second-order valence-corrected chi connectivity index (χ2v) is 11.8. The van der Waals surface area contributed by atoms with E-state index in [9.17, 15) is 9.59 Å². The number of unbranched alkanes of at least 4 members (excludes halogenated alkanes) is 1. The summed E-state index contributed by atoms with van der Waals surface area (Å²) >= 11 is 0. The summed E-state index contributed by atoms with van der Waals surface area (Å²) in [5.41, 5.74) is 1.22. The van der Waals surface area contributed by atoms with Crippen molar-refractivity contribution in [1.82, 2.24) is 4.90 Å². The molecule has 3 unspecified atom stereocenters. The summed E-state index contributed by atoms with van der Waals surface area (Å²) in [5.74, 6) is 0.576. The molecular formula is C33H57NO4. The zero-order chi connectivity index (χ0) is 28.3. The minimum atomic E-state index is -0.540. The summed E-state index contributed by atoms with van der Waals surface area (Å²) < 4.78 is 11.3. The number of rotatable bonds is 21. The molecule has 3 atom stereocenters. The van der Waals surface area contributed by atoms with Gasteiger partial charge >= 0.3 is 11.9 Å². The number of hydrogen-bond donors (Lipinski definition) is 0. The van der Waals surface area contributed by atoms with Gasteiger partial charge in [-0.3, -0.25) is 14.5 Å². The van der Waals surface area contributed by atoms with Crippen LogP contribution in [0.5, 0.6) is 0 Å². The highest BCUT2D eigenvalue weighted by atomic mass is 16.5. The van der Waals surface area contributed by atoms with Crippen LogP contribution >= 0.6 is 0 Å². The van der Waals surface area contributed by atoms with E-state index in [1.165, 1.54) is 24.8 Å². The maximum absolute atomic E-state index is 13.3. The van der Waals surface area contributed by atoms with Crippen molar-refractivity contribution in [3.8, 4) is 0 Å². The number of ether oxygens (including phenoxy) is 2. The van der Waals surface area contributed by atoms with Gasteiger partial charge in [-0.2, -0.15) is 0 Å². The molecule has 0 radical (unpaired) electrons. The van der Waals surface area contributed by atoms with Crippen molar-refractivity contribution in [2.75, 3.05) is 26.3 Å². The molecule has 0 bridgehead atoms. The predicted molar refractivity (Wildman–Crippen MR) is 158 cm³/mol. The first kappa shape index (κ1) is 34.1.